The van der Waals surface area contributed by atoms with Gasteiger partial charge in [0.1, 0.15) is 6.04 Å². The summed E-state index contributed by atoms with van der Waals surface area (Å²) in [5.74, 6) is -1.19. The van der Waals surface area contributed by atoms with E-state index in [2.05, 4.69) is 0 Å². The van der Waals surface area contributed by atoms with Gasteiger partial charge in [0.2, 0.25) is 0 Å². The number of carbonyl (C=O) groups is 1. The molecule has 16 heavy (non-hydrogen) atoms. The average molecular weight is 245 g/mol. The van der Waals surface area contributed by atoms with Gasteiger partial charge in [-0.05, 0) is 11.1 Å². The second-order valence-corrected chi connectivity index (χ2v) is 5.03. The van der Waals surface area contributed by atoms with Crippen LogP contribution in [0.15, 0.2) is 24.3 Å². The molecule has 7 heteroatoms. The van der Waals surface area contributed by atoms with Gasteiger partial charge in [-0.25, -0.2) is 0 Å². The third kappa shape index (κ3) is 3.75. The minimum absolute atomic E-state index is 0.318. The van der Waals surface area contributed by atoms with E-state index in [1.807, 2.05) is 0 Å². The van der Waals surface area contributed by atoms with Gasteiger partial charge < -0.3 is 20.6 Å². The van der Waals surface area contributed by atoms with Gasteiger partial charge in [-0.1, -0.05) is 24.3 Å². The maximum atomic E-state index is 10.8. The van der Waals surface area contributed by atoms with Gasteiger partial charge in [-0.3, -0.25) is 9.36 Å². The van der Waals surface area contributed by atoms with Crippen molar-refractivity contribution in [2.45, 2.75) is 12.2 Å². The molecule has 0 saturated heterocycles. The molecule has 88 valence electrons. The van der Waals surface area contributed by atoms with Crippen LogP contribution in [0.2, 0.25) is 0 Å². The van der Waals surface area contributed by atoms with Crippen LogP contribution in [-0.2, 0) is 15.5 Å². The molecule has 0 heterocycles. The Kier molecular flexibility index (Phi) is 3.83. The third-order valence-electron chi connectivity index (χ3n) is 1.96. The molecular formula is C9H12NO5P. The zero-order valence-electron chi connectivity index (χ0n) is 8.28. The van der Waals surface area contributed by atoms with Gasteiger partial charge in [-0.15, -0.1) is 0 Å². The molecule has 6 nitrogen and oxygen atoms in total. The normalized spacial score (nSPS) is 13.4. The van der Waals surface area contributed by atoms with Crippen LogP contribution in [0.4, 0.5) is 0 Å². The average Bonchev–Trinajstić information content (AvgIpc) is 2.14. The molecule has 0 aliphatic carbocycles. The molecule has 0 fully saturated rings. The van der Waals surface area contributed by atoms with Crippen LogP contribution >= 0.6 is 7.60 Å². The summed E-state index contributed by atoms with van der Waals surface area (Å²) in [5.41, 5.74) is 6.06. The SMILES string of the molecule is NC(C(=O)O)c1cccc(CP(=O)(O)O)c1. The van der Waals surface area contributed by atoms with E-state index >= 15 is 0 Å². The van der Waals surface area contributed by atoms with Crippen LogP contribution in [0.5, 0.6) is 0 Å². The standard InChI is InChI=1S/C9H12NO5P/c10-8(9(11)12)7-3-1-2-6(4-7)5-16(13,14)15/h1-4,8H,5,10H2,(H,11,12)(H2,13,14,15). The Hall–Kier alpha value is -1.20. The van der Waals surface area contributed by atoms with Crippen LogP contribution < -0.4 is 5.73 Å². The Bertz CT molecular complexity index is 441. The zero-order chi connectivity index (χ0) is 12.3. The molecule has 0 radical (unpaired) electrons. The molecular weight excluding hydrogens is 233 g/mol. The Morgan fingerprint density at radius 1 is 1.44 bits per heavy atom. The van der Waals surface area contributed by atoms with Crippen molar-refractivity contribution in [1.82, 2.24) is 0 Å². The first-order valence-corrected chi connectivity index (χ1v) is 6.21. The molecule has 1 aromatic rings. The van der Waals surface area contributed by atoms with Crippen molar-refractivity contribution in [3.05, 3.63) is 35.4 Å². The Balaban J connectivity index is 2.95. The second kappa shape index (κ2) is 4.76. The lowest BCUT2D eigenvalue weighted by Gasteiger charge is -2.09. The van der Waals surface area contributed by atoms with E-state index in [-0.39, 0.29) is 0 Å². The lowest BCUT2D eigenvalue weighted by Crippen LogP contribution is -2.20. The van der Waals surface area contributed by atoms with E-state index in [9.17, 15) is 9.36 Å². The number of benzene rings is 1. The molecule has 1 rings (SSSR count). The van der Waals surface area contributed by atoms with Crippen LogP contribution in [-0.4, -0.2) is 20.9 Å². The molecule has 0 saturated carbocycles. The molecule has 0 aromatic heterocycles. The summed E-state index contributed by atoms with van der Waals surface area (Å²) in [7, 11) is -4.15. The minimum Gasteiger partial charge on any atom is -0.480 e. The lowest BCUT2D eigenvalue weighted by atomic mass is 10.1. The summed E-state index contributed by atoms with van der Waals surface area (Å²) in [5, 5.41) is 8.68. The molecule has 0 bridgehead atoms. The molecule has 0 aliphatic rings. The van der Waals surface area contributed by atoms with Crippen LogP contribution in [0.3, 0.4) is 0 Å². The second-order valence-electron chi connectivity index (χ2n) is 3.38. The van der Waals surface area contributed by atoms with Crippen molar-refractivity contribution in [1.29, 1.82) is 0 Å². The van der Waals surface area contributed by atoms with Crippen molar-refractivity contribution in [3.8, 4) is 0 Å². The fourth-order valence-corrected chi connectivity index (χ4v) is 1.94. The number of hydrogen-bond acceptors (Lipinski definition) is 3. The van der Waals surface area contributed by atoms with Crippen molar-refractivity contribution < 1.29 is 24.3 Å². The fraction of sp³-hybridized carbons (Fsp3) is 0.222. The Morgan fingerprint density at radius 3 is 2.56 bits per heavy atom. The number of rotatable bonds is 4. The predicted octanol–water partition coefficient (Wildman–Crippen LogP) is 0.449. The maximum absolute atomic E-state index is 10.8. The maximum Gasteiger partial charge on any atom is 0.329 e. The van der Waals surface area contributed by atoms with Crippen LogP contribution in [0.1, 0.15) is 17.2 Å². The van der Waals surface area contributed by atoms with Gasteiger partial charge in [0, 0.05) is 0 Å². The highest BCUT2D eigenvalue weighted by atomic mass is 31.2. The largest absolute Gasteiger partial charge is 0.480 e. The summed E-state index contributed by atoms with van der Waals surface area (Å²) in [6.07, 6.45) is -0.423. The molecule has 1 aromatic carbocycles. The van der Waals surface area contributed by atoms with Gasteiger partial charge in [0.05, 0.1) is 6.16 Å². The monoisotopic (exact) mass is 245 g/mol. The first kappa shape index (κ1) is 12.9. The molecule has 0 amide bonds. The van der Waals surface area contributed by atoms with Gasteiger partial charge >= 0.3 is 13.6 Å². The number of carboxylic acids is 1. The highest BCUT2D eigenvalue weighted by molar-refractivity contribution is 7.50. The Labute approximate surface area is 91.9 Å². The number of hydrogen-bond donors (Lipinski definition) is 4. The minimum atomic E-state index is -4.15. The molecule has 1 atom stereocenters. The summed E-state index contributed by atoms with van der Waals surface area (Å²) in [6.45, 7) is 0. The summed E-state index contributed by atoms with van der Waals surface area (Å²) in [6, 6.07) is 4.73. The molecule has 0 spiro atoms. The van der Waals surface area contributed by atoms with E-state index < -0.39 is 25.8 Å². The first-order chi connectivity index (χ1) is 7.29. The fourth-order valence-electron chi connectivity index (χ4n) is 1.27. The molecule has 5 N–H and O–H groups in total. The van der Waals surface area contributed by atoms with Gasteiger partial charge in [-0.2, -0.15) is 0 Å². The van der Waals surface area contributed by atoms with E-state index in [0.717, 1.165) is 0 Å². The molecule has 0 aliphatic heterocycles. The number of carboxylic acid groups (broad SMARTS) is 1. The quantitative estimate of drug-likeness (QED) is 0.571. The summed E-state index contributed by atoms with van der Waals surface area (Å²) >= 11 is 0. The van der Waals surface area contributed by atoms with Crippen molar-refractivity contribution in [2.75, 3.05) is 0 Å². The van der Waals surface area contributed by atoms with Crippen molar-refractivity contribution >= 4 is 13.6 Å². The summed E-state index contributed by atoms with van der Waals surface area (Å²) in [4.78, 5) is 28.2. The molecule has 1 unspecified atom stereocenters. The summed E-state index contributed by atoms with van der Waals surface area (Å²) < 4.78 is 10.8. The topological polar surface area (TPSA) is 121 Å². The first-order valence-electron chi connectivity index (χ1n) is 4.41. The highest BCUT2D eigenvalue weighted by Gasteiger charge is 2.17. The van der Waals surface area contributed by atoms with E-state index in [4.69, 9.17) is 20.6 Å². The number of nitrogens with two attached hydrogens (primary N) is 1. The number of aliphatic carboxylic acids is 1. The van der Waals surface area contributed by atoms with E-state index in [1.165, 1.54) is 24.3 Å². The van der Waals surface area contributed by atoms with E-state index in [0.29, 0.717) is 11.1 Å². The van der Waals surface area contributed by atoms with Crippen molar-refractivity contribution in [3.63, 3.8) is 0 Å². The van der Waals surface area contributed by atoms with Crippen LogP contribution in [0.25, 0.3) is 0 Å². The predicted molar refractivity (Wildman–Crippen MR) is 56.8 cm³/mol. The zero-order valence-corrected chi connectivity index (χ0v) is 9.17. The van der Waals surface area contributed by atoms with Gasteiger partial charge in [0.15, 0.2) is 0 Å². The van der Waals surface area contributed by atoms with Crippen molar-refractivity contribution in [2.24, 2.45) is 5.73 Å². The van der Waals surface area contributed by atoms with Crippen LogP contribution in [0, 0.1) is 0 Å². The van der Waals surface area contributed by atoms with E-state index in [1.54, 1.807) is 0 Å². The smallest absolute Gasteiger partial charge is 0.329 e. The third-order valence-corrected chi connectivity index (χ3v) is 2.74. The van der Waals surface area contributed by atoms with Gasteiger partial charge in [0.25, 0.3) is 0 Å². The Morgan fingerprint density at radius 2 is 2.06 bits per heavy atom. The lowest BCUT2D eigenvalue weighted by molar-refractivity contribution is -0.138. The highest BCUT2D eigenvalue weighted by Crippen LogP contribution is 2.39.